The Kier molecular flexibility index (Phi) is 6.17. The summed E-state index contributed by atoms with van der Waals surface area (Å²) in [7, 11) is 2.85. The van der Waals surface area contributed by atoms with Gasteiger partial charge in [-0.2, -0.15) is 13.2 Å². The maximum absolute atomic E-state index is 13.9. The molecule has 0 amide bonds. The van der Waals surface area contributed by atoms with Gasteiger partial charge >= 0.3 is 12.1 Å². The molecule has 1 aliphatic heterocycles. The minimum Gasteiger partial charge on any atom is -0.493 e. The SMILES string of the molecule is COc1cccc([C@H]2O[C@H](CC(=O)O)c3nnc(C(F)(F)F)n3-c3cc(C)c(Cl)cc32)c1OC. The highest BCUT2D eigenvalue weighted by Gasteiger charge is 2.44. The number of aliphatic carboxylic acids is 1. The van der Waals surface area contributed by atoms with Crippen LogP contribution in [-0.2, 0) is 15.7 Å². The zero-order valence-corrected chi connectivity index (χ0v) is 18.9. The van der Waals surface area contributed by atoms with E-state index in [-0.39, 0.29) is 27.8 Å². The van der Waals surface area contributed by atoms with Crippen LogP contribution in [0, 0.1) is 6.92 Å². The van der Waals surface area contributed by atoms with Crippen molar-refractivity contribution in [3.63, 3.8) is 0 Å². The number of carboxylic acid groups (broad SMARTS) is 1. The Morgan fingerprint density at radius 2 is 1.94 bits per heavy atom. The van der Waals surface area contributed by atoms with E-state index in [1.807, 2.05) is 0 Å². The lowest BCUT2D eigenvalue weighted by Gasteiger charge is -2.24. The first kappa shape index (κ1) is 23.8. The molecule has 8 nitrogen and oxygen atoms in total. The van der Waals surface area contributed by atoms with Crippen LogP contribution in [0.1, 0.15) is 47.0 Å². The highest BCUT2D eigenvalue weighted by molar-refractivity contribution is 6.31. The number of para-hydroxylation sites is 1. The lowest BCUT2D eigenvalue weighted by Crippen LogP contribution is -2.17. The Morgan fingerprint density at radius 1 is 1.21 bits per heavy atom. The molecule has 0 radical (unpaired) electrons. The number of fused-ring (bicyclic) bond motifs is 3. The van der Waals surface area contributed by atoms with E-state index in [2.05, 4.69) is 10.2 Å². The molecule has 2 aromatic carbocycles. The smallest absolute Gasteiger partial charge is 0.452 e. The van der Waals surface area contributed by atoms with E-state index in [4.69, 9.17) is 25.8 Å². The van der Waals surface area contributed by atoms with Crippen LogP contribution >= 0.6 is 11.6 Å². The maximum Gasteiger partial charge on any atom is 0.452 e. The molecule has 1 aliphatic rings. The molecule has 34 heavy (non-hydrogen) atoms. The van der Waals surface area contributed by atoms with Crippen molar-refractivity contribution in [3.8, 4) is 17.2 Å². The minimum atomic E-state index is -4.86. The molecule has 12 heteroatoms. The maximum atomic E-state index is 13.9. The van der Waals surface area contributed by atoms with Crippen molar-refractivity contribution >= 4 is 17.6 Å². The van der Waals surface area contributed by atoms with E-state index in [1.165, 1.54) is 26.4 Å². The summed E-state index contributed by atoms with van der Waals surface area (Å²) in [5, 5.41) is 16.8. The second-order valence-electron chi connectivity index (χ2n) is 7.56. The van der Waals surface area contributed by atoms with E-state index >= 15 is 0 Å². The monoisotopic (exact) mass is 497 g/mol. The van der Waals surface area contributed by atoms with Gasteiger partial charge in [-0.1, -0.05) is 23.7 Å². The Bertz CT molecular complexity index is 1260. The molecule has 0 saturated carbocycles. The van der Waals surface area contributed by atoms with Gasteiger partial charge in [-0.05, 0) is 30.7 Å². The van der Waals surface area contributed by atoms with Gasteiger partial charge in [0.05, 0.1) is 26.3 Å². The number of hydrogen-bond acceptors (Lipinski definition) is 6. The van der Waals surface area contributed by atoms with Gasteiger partial charge in [-0.15, -0.1) is 10.2 Å². The van der Waals surface area contributed by atoms with E-state index in [9.17, 15) is 23.1 Å². The highest BCUT2D eigenvalue weighted by Crippen LogP contribution is 2.47. The van der Waals surface area contributed by atoms with Crippen molar-refractivity contribution in [2.45, 2.75) is 31.7 Å². The van der Waals surface area contributed by atoms with Gasteiger partial charge in [-0.3, -0.25) is 9.36 Å². The number of ether oxygens (including phenoxy) is 3. The number of carbonyl (C=O) groups is 1. The van der Waals surface area contributed by atoms with Crippen LogP contribution in [0.3, 0.4) is 0 Å². The molecule has 0 aliphatic carbocycles. The van der Waals surface area contributed by atoms with Crippen molar-refractivity contribution in [2.24, 2.45) is 0 Å². The standard InChI is InChI=1S/C22H19ClF3N3O5/c1-10-7-14-12(8-13(10)23)18(11-5-4-6-15(32-2)19(11)33-3)34-16(9-17(30)31)20-27-28-21(29(14)20)22(24,25)26/h4-8,16,18H,9H2,1-3H3,(H,30,31)/t16-,18-/m1/s1. The van der Waals surface area contributed by atoms with Gasteiger partial charge in [-0.25, -0.2) is 0 Å². The van der Waals surface area contributed by atoms with E-state index in [0.29, 0.717) is 16.9 Å². The molecular weight excluding hydrogens is 479 g/mol. The zero-order valence-electron chi connectivity index (χ0n) is 18.2. The van der Waals surface area contributed by atoms with Gasteiger partial charge in [0, 0.05) is 16.1 Å². The van der Waals surface area contributed by atoms with Crippen LogP contribution in [-0.4, -0.2) is 40.1 Å². The van der Waals surface area contributed by atoms with E-state index in [1.54, 1.807) is 25.1 Å². The molecule has 1 N–H and O–H groups in total. The average Bonchev–Trinajstić information content (AvgIpc) is 3.18. The second kappa shape index (κ2) is 8.80. The first-order chi connectivity index (χ1) is 16.1. The number of nitrogens with zero attached hydrogens (tertiary/aromatic N) is 3. The van der Waals surface area contributed by atoms with Crippen LogP contribution in [0.5, 0.6) is 11.5 Å². The predicted molar refractivity (Wildman–Crippen MR) is 114 cm³/mol. The topological polar surface area (TPSA) is 95.7 Å². The van der Waals surface area contributed by atoms with Gasteiger partial charge < -0.3 is 19.3 Å². The zero-order chi connectivity index (χ0) is 24.8. The average molecular weight is 498 g/mol. The summed E-state index contributed by atoms with van der Waals surface area (Å²) in [5.74, 6) is -2.24. The Balaban J connectivity index is 2.07. The molecule has 2 atom stereocenters. The largest absolute Gasteiger partial charge is 0.493 e. The number of aromatic nitrogens is 3. The molecule has 3 aromatic rings. The van der Waals surface area contributed by atoms with Crippen molar-refractivity contribution in [2.75, 3.05) is 14.2 Å². The van der Waals surface area contributed by atoms with Crippen LogP contribution in [0.15, 0.2) is 30.3 Å². The van der Waals surface area contributed by atoms with Gasteiger partial charge in [0.2, 0.25) is 5.82 Å². The molecular formula is C22H19ClF3N3O5. The molecule has 180 valence electrons. The molecule has 0 saturated heterocycles. The van der Waals surface area contributed by atoms with E-state index < -0.39 is 36.6 Å². The highest BCUT2D eigenvalue weighted by atomic mass is 35.5. The number of hydrogen-bond donors (Lipinski definition) is 1. The third-order valence-corrected chi connectivity index (χ3v) is 5.84. The first-order valence-corrected chi connectivity index (χ1v) is 10.4. The molecule has 2 heterocycles. The van der Waals surface area contributed by atoms with Crippen molar-refractivity contribution in [3.05, 3.63) is 63.7 Å². The number of alkyl halides is 3. The van der Waals surface area contributed by atoms with Gasteiger partial charge in [0.25, 0.3) is 0 Å². The number of aryl methyl sites for hydroxylation is 1. The lowest BCUT2D eigenvalue weighted by molar-refractivity contribution is -0.146. The first-order valence-electron chi connectivity index (χ1n) is 9.97. The summed E-state index contributed by atoms with van der Waals surface area (Å²) in [6, 6.07) is 7.91. The Hall–Kier alpha value is -3.31. The molecule has 1 aromatic heterocycles. The van der Waals surface area contributed by atoms with Crippen molar-refractivity contribution in [1.29, 1.82) is 0 Å². The summed E-state index contributed by atoms with van der Waals surface area (Å²) in [5.41, 5.74) is 1.23. The number of benzene rings is 2. The number of halogens is 4. The normalized spacial score (nSPS) is 17.5. The van der Waals surface area contributed by atoms with Crippen LogP contribution in [0.25, 0.3) is 5.69 Å². The summed E-state index contributed by atoms with van der Waals surface area (Å²) in [4.78, 5) is 11.6. The van der Waals surface area contributed by atoms with Crippen LogP contribution < -0.4 is 9.47 Å². The summed E-state index contributed by atoms with van der Waals surface area (Å²) < 4.78 is 59.5. The predicted octanol–water partition coefficient (Wildman–Crippen LogP) is 4.90. The fourth-order valence-electron chi connectivity index (χ4n) is 3.97. The van der Waals surface area contributed by atoms with Crippen molar-refractivity contribution < 1.29 is 37.3 Å². The molecule has 4 rings (SSSR count). The Morgan fingerprint density at radius 3 is 2.56 bits per heavy atom. The third kappa shape index (κ3) is 4.05. The summed E-state index contributed by atoms with van der Waals surface area (Å²) in [6.45, 7) is 1.64. The lowest BCUT2D eigenvalue weighted by atomic mass is 9.97. The Labute approximate surface area is 196 Å². The van der Waals surface area contributed by atoms with Crippen LogP contribution in [0.4, 0.5) is 13.2 Å². The molecule has 0 spiro atoms. The molecule has 0 unspecified atom stereocenters. The molecule has 0 bridgehead atoms. The summed E-state index contributed by atoms with van der Waals surface area (Å²) >= 11 is 6.37. The number of carboxylic acids is 1. The van der Waals surface area contributed by atoms with Gasteiger partial charge in [0.1, 0.15) is 12.2 Å². The summed E-state index contributed by atoms with van der Waals surface area (Å²) in [6.07, 6.45) is -7.95. The van der Waals surface area contributed by atoms with E-state index in [0.717, 1.165) is 4.57 Å². The number of methoxy groups -OCH3 is 2. The van der Waals surface area contributed by atoms with Crippen molar-refractivity contribution in [1.82, 2.24) is 14.8 Å². The minimum absolute atomic E-state index is 0.0667. The molecule has 0 fully saturated rings. The number of rotatable bonds is 5. The van der Waals surface area contributed by atoms with Gasteiger partial charge in [0.15, 0.2) is 17.3 Å². The van der Waals surface area contributed by atoms with Crippen LogP contribution in [0.2, 0.25) is 5.02 Å². The quantitative estimate of drug-likeness (QED) is 0.535. The fourth-order valence-corrected chi connectivity index (χ4v) is 4.14. The fraction of sp³-hybridized carbons (Fsp3) is 0.318. The third-order valence-electron chi connectivity index (χ3n) is 5.44. The second-order valence-corrected chi connectivity index (χ2v) is 7.97.